The monoisotopic (exact) mass is 489 g/mol. The van der Waals surface area contributed by atoms with Crippen LogP contribution in [-0.2, 0) is 10.0 Å². The summed E-state index contributed by atoms with van der Waals surface area (Å²) in [4.78, 5) is 15.7. The van der Waals surface area contributed by atoms with Crippen molar-refractivity contribution in [2.75, 3.05) is 24.4 Å². The Labute approximate surface area is 201 Å². The van der Waals surface area contributed by atoms with E-state index in [0.29, 0.717) is 22.8 Å². The lowest BCUT2D eigenvalue weighted by molar-refractivity contribution is 0.0326. The number of benzene rings is 2. The highest BCUT2D eigenvalue weighted by Gasteiger charge is 2.38. The normalized spacial score (nSPS) is 19.1. The number of halogens is 1. The molecular weight excluding hydrogens is 458 g/mol. The number of hydrogen-bond donors (Lipinski definition) is 2. The lowest BCUT2D eigenvalue weighted by Crippen LogP contribution is -2.58. The van der Waals surface area contributed by atoms with Crippen LogP contribution in [0.15, 0.2) is 53.4 Å². The van der Waals surface area contributed by atoms with Crippen LogP contribution in [-0.4, -0.2) is 44.4 Å². The zero-order valence-electron chi connectivity index (χ0n) is 18.9. The molecule has 6 nitrogen and oxygen atoms in total. The first-order valence-corrected chi connectivity index (χ1v) is 13.7. The van der Waals surface area contributed by atoms with E-state index in [9.17, 15) is 13.2 Å². The molecule has 1 heterocycles. The Morgan fingerprint density at radius 1 is 0.939 bits per heavy atom. The number of hydrogen-bond acceptors (Lipinski definition) is 4. The van der Waals surface area contributed by atoms with Crippen LogP contribution in [0, 0.1) is 0 Å². The van der Waals surface area contributed by atoms with E-state index in [1.807, 2.05) is 0 Å². The minimum absolute atomic E-state index is 0.0200. The molecule has 1 aliphatic heterocycles. The quantitative estimate of drug-likeness (QED) is 0.569. The predicted octanol–water partition coefficient (Wildman–Crippen LogP) is 5.06. The van der Waals surface area contributed by atoms with Crippen LogP contribution < -0.4 is 10.0 Å². The molecule has 0 radical (unpaired) electrons. The summed E-state index contributed by atoms with van der Waals surface area (Å²) in [5, 5.41) is 3.57. The second-order valence-corrected chi connectivity index (χ2v) is 11.3. The minimum atomic E-state index is -3.85. The first-order chi connectivity index (χ1) is 15.9. The number of sulfonamides is 1. The summed E-state index contributed by atoms with van der Waals surface area (Å²) in [6.45, 7) is 2.79. The SMILES string of the molecule is O=C(NCC1(N2CCCCC2)CCCCC1)c1cccc(S(=O)(=O)Nc2cccc(Cl)c2)c1. The van der Waals surface area contributed by atoms with Crippen LogP contribution in [0.1, 0.15) is 61.7 Å². The molecule has 0 unspecified atom stereocenters. The smallest absolute Gasteiger partial charge is 0.261 e. The highest BCUT2D eigenvalue weighted by Crippen LogP contribution is 2.35. The fourth-order valence-corrected chi connectivity index (χ4v) is 6.39. The van der Waals surface area contributed by atoms with E-state index in [4.69, 9.17) is 11.6 Å². The Morgan fingerprint density at radius 2 is 1.64 bits per heavy atom. The minimum Gasteiger partial charge on any atom is -0.350 e. The number of anilines is 1. The van der Waals surface area contributed by atoms with Crippen LogP contribution in [0.25, 0.3) is 0 Å². The summed E-state index contributed by atoms with van der Waals surface area (Å²) in [6.07, 6.45) is 9.55. The van der Waals surface area contributed by atoms with Gasteiger partial charge in [-0.3, -0.25) is 14.4 Å². The Bertz CT molecular complexity index is 1080. The zero-order valence-corrected chi connectivity index (χ0v) is 20.4. The van der Waals surface area contributed by atoms with Gasteiger partial charge in [0.05, 0.1) is 10.6 Å². The Balaban J connectivity index is 1.46. The van der Waals surface area contributed by atoms with E-state index < -0.39 is 10.0 Å². The number of nitrogens with one attached hydrogen (secondary N) is 2. The average molecular weight is 490 g/mol. The second kappa shape index (κ2) is 10.5. The third kappa shape index (κ3) is 5.89. The molecule has 2 aromatic rings. The molecule has 1 saturated heterocycles. The zero-order chi connectivity index (χ0) is 23.3. The summed E-state index contributed by atoms with van der Waals surface area (Å²) in [6, 6.07) is 12.7. The molecule has 1 aliphatic carbocycles. The topological polar surface area (TPSA) is 78.5 Å². The van der Waals surface area contributed by atoms with Gasteiger partial charge in [0.15, 0.2) is 0 Å². The summed E-state index contributed by atoms with van der Waals surface area (Å²) in [7, 11) is -3.85. The fraction of sp³-hybridized carbons (Fsp3) is 0.480. The highest BCUT2D eigenvalue weighted by atomic mass is 35.5. The highest BCUT2D eigenvalue weighted by molar-refractivity contribution is 7.92. The van der Waals surface area contributed by atoms with Gasteiger partial charge in [0.1, 0.15) is 0 Å². The first-order valence-electron chi connectivity index (χ1n) is 11.8. The molecule has 2 N–H and O–H groups in total. The molecule has 178 valence electrons. The van der Waals surface area contributed by atoms with Crippen molar-refractivity contribution in [2.24, 2.45) is 0 Å². The summed E-state index contributed by atoms with van der Waals surface area (Å²) < 4.78 is 28.2. The third-order valence-corrected chi connectivity index (χ3v) is 8.49. The van der Waals surface area contributed by atoms with E-state index in [2.05, 4.69) is 14.9 Å². The number of carbonyl (C=O) groups is 1. The number of piperidine rings is 1. The van der Waals surface area contributed by atoms with Crippen LogP contribution in [0.4, 0.5) is 5.69 Å². The number of likely N-dealkylation sites (tertiary alicyclic amines) is 1. The van der Waals surface area contributed by atoms with Gasteiger partial charge < -0.3 is 5.32 Å². The van der Waals surface area contributed by atoms with Crippen molar-refractivity contribution in [3.8, 4) is 0 Å². The Kier molecular flexibility index (Phi) is 7.62. The summed E-state index contributed by atoms with van der Waals surface area (Å²) in [5.74, 6) is -0.239. The van der Waals surface area contributed by atoms with E-state index in [0.717, 1.165) is 25.9 Å². The average Bonchev–Trinajstić information content (AvgIpc) is 2.83. The molecule has 4 rings (SSSR count). The first kappa shape index (κ1) is 24.0. The number of carbonyl (C=O) groups excluding carboxylic acids is 1. The maximum atomic E-state index is 13.0. The maximum absolute atomic E-state index is 13.0. The van der Waals surface area contributed by atoms with Gasteiger partial charge in [-0.2, -0.15) is 0 Å². The van der Waals surface area contributed by atoms with Gasteiger partial charge in [0, 0.05) is 22.7 Å². The molecule has 0 bridgehead atoms. The number of amides is 1. The van der Waals surface area contributed by atoms with Crippen molar-refractivity contribution in [1.82, 2.24) is 10.2 Å². The van der Waals surface area contributed by atoms with Crippen LogP contribution in [0.3, 0.4) is 0 Å². The molecule has 33 heavy (non-hydrogen) atoms. The van der Waals surface area contributed by atoms with Crippen molar-refractivity contribution in [1.29, 1.82) is 0 Å². The van der Waals surface area contributed by atoms with Gasteiger partial charge >= 0.3 is 0 Å². The van der Waals surface area contributed by atoms with Crippen molar-refractivity contribution < 1.29 is 13.2 Å². The standard InChI is InChI=1S/C25H32ClN3O3S/c26-21-10-8-11-22(18-21)28-33(31,32)23-12-7-9-20(17-23)24(30)27-19-25(13-3-1-4-14-25)29-15-5-2-6-16-29/h7-12,17-18,28H,1-6,13-16,19H2,(H,27,30). The predicted molar refractivity (Wildman–Crippen MR) is 132 cm³/mol. The van der Waals surface area contributed by atoms with Crippen molar-refractivity contribution in [2.45, 2.75) is 61.8 Å². The van der Waals surface area contributed by atoms with Gasteiger partial charge in [0.2, 0.25) is 0 Å². The van der Waals surface area contributed by atoms with E-state index in [1.165, 1.54) is 50.7 Å². The fourth-order valence-electron chi connectivity index (χ4n) is 5.10. The molecule has 2 fully saturated rings. The largest absolute Gasteiger partial charge is 0.350 e. The molecule has 1 saturated carbocycles. The summed E-state index contributed by atoms with van der Waals surface area (Å²) in [5.41, 5.74) is 0.735. The van der Waals surface area contributed by atoms with Crippen LogP contribution >= 0.6 is 11.6 Å². The molecule has 2 aromatic carbocycles. The van der Waals surface area contributed by atoms with E-state index in [-0.39, 0.29) is 16.3 Å². The van der Waals surface area contributed by atoms with Gasteiger partial charge in [-0.05, 0) is 75.2 Å². The van der Waals surface area contributed by atoms with Crippen LogP contribution in [0.2, 0.25) is 5.02 Å². The Hall–Kier alpha value is -2.09. The molecule has 0 atom stereocenters. The van der Waals surface area contributed by atoms with Gasteiger partial charge in [-0.15, -0.1) is 0 Å². The second-order valence-electron chi connectivity index (χ2n) is 9.16. The maximum Gasteiger partial charge on any atom is 0.261 e. The van der Waals surface area contributed by atoms with Gasteiger partial charge in [0.25, 0.3) is 15.9 Å². The van der Waals surface area contributed by atoms with E-state index in [1.54, 1.807) is 36.4 Å². The summed E-state index contributed by atoms with van der Waals surface area (Å²) >= 11 is 5.96. The molecule has 1 amide bonds. The molecule has 0 spiro atoms. The molecule has 0 aromatic heterocycles. The third-order valence-electron chi connectivity index (χ3n) is 6.87. The molecule has 8 heteroatoms. The number of rotatable bonds is 7. The van der Waals surface area contributed by atoms with Crippen molar-refractivity contribution in [3.05, 3.63) is 59.1 Å². The van der Waals surface area contributed by atoms with E-state index >= 15 is 0 Å². The lowest BCUT2D eigenvalue weighted by atomic mass is 9.79. The molecule has 2 aliphatic rings. The van der Waals surface area contributed by atoms with Crippen molar-refractivity contribution >= 4 is 33.2 Å². The van der Waals surface area contributed by atoms with Gasteiger partial charge in [-0.25, -0.2) is 8.42 Å². The lowest BCUT2D eigenvalue weighted by Gasteiger charge is -2.48. The Morgan fingerprint density at radius 3 is 2.36 bits per heavy atom. The van der Waals surface area contributed by atoms with Crippen molar-refractivity contribution in [3.63, 3.8) is 0 Å². The van der Waals surface area contributed by atoms with Crippen LogP contribution in [0.5, 0.6) is 0 Å². The number of nitrogens with zero attached hydrogens (tertiary/aromatic N) is 1. The molecular formula is C25H32ClN3O3S. The van der Waals surface area contributed by atoms with Gasteiger partial charge in [-0.1, -0.05) is 49.4 Å².